The van der Waals surface area contributed by atoms with Gasteiger partial charge in [0, 0.05) is 13.7 Å². The van der Waals surface area contributed by atoms with Gasteiger partial charge in [-0.2, -0.15) is 0 Å². The SMILES string of the molecule is CCCC1(C(=O)O)CCN(CC(O)COC)CC1. The second-order valence-electron chi connectivity index (χ2n) is 5.25. The topological polar surface area (TPSA) is 70.0 Å². The van der Waals surface area contributed by atoms with Crippen molar-refractivity contribution in [2.45, 2.75) is 38.7 Å². The van der Waals surface area contributed by atoms with E-state index in [0.717, 1.165) is 25.9 Å². The molecule has 0 aromatic heterocycles. The number of likely N-dealkylation sites (tertiary alicyclic amines) is 1. The molecule has 0 amide bonds. The molecule has 1 unspecified atom stereocenters. The maximum absolute atomic E-state index is 11.4. The number of rotatable bonds is 7. The third-order valence-corrected chi connectivity index (χ3v) is 3.82. The van der Waals surface area contributed by atoms with E-state index in [1.54, 1.807) is 7.11 Å². The molecule has 1 aliphatic heterocycles. The number of piperidine rings is 1. The van der Waals surface area contributed by atoms with Crippen LogP contribution in [0.1, 0.15) is 32.6 Å². The van der Waals surface area contributed by atoms with Crippen LogP contribution in [0.25, 0.3) is 0 Å². The minimum Gasteiger partial charge on any atom is -0.481 e. The van der Waals surface area contributed by atoms with Crippen LogP contribution >= 0.6 is 0 Å². The number of aliphatic carboxylic acids is 1. The van der Waals surface area contributed by atoms with Gasteiger partial charge in [-0.1, -0.05) is 13.3 Å². The lowest BCUT2D eigenvalue weighted by molar-refractivity contribution is -0.153. The van der Waals surface area contributed by atoms with Gasteiger partial charge >= 0.3 is 5.97 Å². The molecule has 0 aromatic carbocycles. The van der Waals surface area contributed by atoms with E-state index in [-0.39, 0.29) is 0 Å². The predicted molar refractivity (Wildman–Crippen MR) is 68.5 cm³/mol. The van der Waals surface area contributed by atoms with Crippen LogP contribution in [0.5, 0.6) is 0 Å². The molecule has 18 heavy (non-hydrogen) atoms. The first-order valence-electron chi connectivity index (χ1n) is 6.67. The lowest BCUT2D eigenvalue weighted by atomic mass is 9.75. The molecular formula is C13H25NO4. The number of carboxylic acids is 1. The number of carboxylic acid groups (broad SMARTS) is 1. The van der Waals surface area contributed by atoms with Gasteiger partial charge in [-0.05, 0) is 32.4 Å². The summed E-state index contributed by atoms with van der Waals surface area (Å²) in [7, 11) is 1.57. The second-order valence-corrected chi connectivity index (χ2v) is 5.25. The van der Waals surface area contributed by atoms with Gasteiger partial charge in [0.05, 0.1) is 18.1 Å². The number of aliphatic hydroxyl groups is 1. The number of aliphatic hydroxyl groups excluding tert-OH is 1. The summed E-state index contributed by atoms with van der Waals surface area (Å²) in [6.07, 6.45) is 2.51. The van der Waals surface area contributed by atoms with Gasteiger partial charge in [0.25, 0.3) is 0 Å². The summed E-state index contributed by atoms with van der Waals surface area (Å²) in [5.74, 6) is -0.665. The summed E-state index contributed by atoms with van der Waals surface area (Å²) in [6.45, 7) is 4.41. The highest BCUT2D eigenvalue weighted by Crippen LogP contribution is 2.36. The summed E-state index contributed by atoms with van der Waals surface area (Å²) in [5.41, 5.74) is -0.544. The molecule has 1 heterocycles. The third kappa shape index (κ3) is 3.93. The van der Waals surface area contributed by atoms with Crippen molar-refractivity contribution < 1.29 is 19.7 Å². The molecule has 5 heteroatoms. The number of methoxy groups -OCH3 is 1. The molecule has 5 nitrogen and oxygen atoms in total. The van der Waals surface area contributed by atoms with Gasteiger partial charge in [-0.3, -0.25) is 4.79 Å². The van der Waals surface area contributed by atoms with E-state index in [0.29, 0.717) is 26.0 Å². The Hall–Kier alpha value is -0.650. The van der Waals surface area contributed by atoms with Crippen molar-refractivity contribution >= 4 is 5.97 Å². The standard InChI is InChI=1S/C13H25NO4/c1-3-4-13(12(16)17)5-7-14(8-6-13)9-11(15)10-18-2/h11,15H,3-10H2,1-2H3,(H,16,17). The van der Waals surface area contributed by atoms with Gasteiger partial charge < -0.3 is 19.8 Å². The Balaban J connectivity index is 2.45. The lowest BCUT2D eigenvalue weighted by Gasteiger charge is -2.39. The van der Waals surface area contributed by atoms with Gasteiger partial charge in [0.1, 0.15) is 0 Å². The van der Waals surface area contributed by atoms with Crippen molar-refractivity contribution in [3.63, 3.8) is 0 Å². The molecule has 2 N–H and O–H groups in total. The number of hydrogen-bond donors (Lipinski definition) is 2. The van der Waals surface area contributed by atoms with Crippen molar-refractivity contribution in [3.8, 4) is 0 Å². The average Bonchev–Trinajstić information content (AvgIpc) is 2.32. The Morgan fingerprint density at radius 2 is 2.06 bits per heavy atom. The van der Waals surface area contributed by atoms with E-state index >= 15 is 0 Å². The molecule has 0 aliphatic carbocycles. The normalized spacial score (nSPS) is 21.7. The van der Waals surface area contributed by atoms with Gasteiger partial charge in [-0.15, -0.1) is 0 Å². The summed E-state index contributed by atoms with van der Waals surface area (Å²) in [6, 6.07) is 0. The third-order valence-electron chi connectivity index (χ3n) is 3.82. The smallest absolute Gasteiger partial charge is 0.309 e. The van der Waals surface area contributed by atoms with Gasteiger partial charge in [0.15, 0.2) is 0 Å². The zero-order chi connectivity index (χ0) is 13.6. The zero-order valence-electron chi connectivity index (χ0n) is 11.4. The highest BCUT2D eigenvalue weighted by molar-refractivity contribution is 5.74. The molecular weight excluding hydrogens is 234 g/mol. The van der Waals surface area contributed by atoms with Crippen LogP contribution in [-0.4, -0.2) is 60.5 Å². The van der Waals surface area contributed by atoms with E-state index in [9.17, 15) is 15.0 Å². The molecule has 0 radical (unpaired) electrons. The Kier molecular flexibility index (Phi) is 6.05. The van der Waals surface area contributed by atoms with Gasteiger partial charge in [0.2, 0.25) is 0 Å². The molecule has 1 atom stereocenters. The van der Waals surface area contributed by atoms with Crippen molar-refractivity contribution in [2.24, 2.45) is 5.41 Å². The van der Waals surface area contributed by atoms with E-state index in [2.05, 4.69) is 4.90 Å². The average molecular weight is 259 g/mol. The summed E-state index contributed by atoms with van der Waals surface area (Å²) < 4.78 is 4.89. The molecule has 1 saturated heterocycles. The molecule has 106 valence electrons. The molecule has 0 spiro atoms. The van der Waals surface area contributed by atoms with Crippen LogP contribution in [0.3, 0.4) is 0 Å². The zero-order valence-corrected chi connectivity index (χ0v) is 11.4. The molecule has 1 fully saturated rings. The Morgan fingerprint density at radius 3 is 2.50 bits per heavy atom. The summed E-state index contributed by atoms with van der Waals surface area (Å²) in [4.78, 5) is 13.5. The Bertz CT molecular complexity index is 262. The summed E-state index contributed by atoms with van der Waals surface area (Å²) >= 11 is 0. The van der Waals surface area contributed by atoms with E-state index in [1.165, 1.54) is 0 Å². The van der Waals surface area contributed by atoms with Crippen molar-refractivity contribution in [1.82, 2.24) is 4.90 Å². The number of nitrogens with zero attached hydrogens (tertiary/aromatic N) is 1. The number of ether oxygens (including phenoxy) is 1. The quantitative estimate of drug-likeness (QED) is 0.712. The minimum atomic E-state index is -0.665. The van der Waals surface area contributed by atoms with E-state index < -0.39 is 17.5 Å². The second kappa shape index (κ2) is 7.07. The number of β-amino-alcohol motifs (C(OH)–C–C–N with tert-alkyl or cyclic N) is 1. The van der Waals surface area contributed by atoms with Crippen LogP contribution < -0.4 is 0 Å². The van der Waals surface area contributed by atoms with Crippen LogP contribution in [-0.2, 0) is 9.53 Å². The largest absolute Gasteiger partial charge is 0.481 e. The van der Waals surface area contributed by atoms with Crippen molar-refractivity contribution in [3.05, 3.63) is 0 Å². The first kappa shape index (κ1) is 15.4. The van der Waals surface area contributed by atoms with E-state index in [4.69, 9.17) is 4.74 Å². The Labute approximate surface area is 109 Å². The molecule has 0 aromatic rings. The lowest BCUT2D eigenvalue weighted by Crippen LogP contribution is -2.47. The first-order valence-corrected chi connectivity index (χ1v) is 6.67. The van der Waals surface area contributed by atoms with Crippen LogP contribution in [0, 0.1) is 5.41 Å². The van der Waals surface area contributed by atoms with Crippen LogP contribution in [0.4, 0.5) is 0 Å². The molecule has 1 aliphatic rings. The van der Waals surface area contributed by atoms with E-state index in [1.807, 2.05) is 6.92 Å². The van der Waals surface area contributed by atoms with Crippen molar-refractivity contribution in [2.75, 3.05) is 33.4 Å². The first-order chi connectivity index (χ1) is 8.54. The molecule has 1 rings (SSSR count). The minimum absolute atomic E-state index is 0.329. The maximum Gasteiger partial charge on any atom is 0.309 e. The Morgan fingerprint density at radius 1 is 1.44 bits per heavy atom. The number of hydrogen-bond acceptors (Lipinski definition) is 4. The fourth-order valence-corrected chi connectivity index (χ4v) is 2.76. The molecule has 0 saturated carbocycles. The van der Waals surface area contributed by atoms with Crippen molar-refractivity contribution in [1.29, 1.82) is 0 Å². The summed E-state index contributed by atoms with van der Waals surface area (Å²) in [5, 5.41) is 19.0. The highest BCUT2D eigenvalue weighted by atomic mass is 16.5. The number of carbonyl (C=O) groups is 1. The van der Waals surface area contributed by atoms with Crippen LogP contribution in [0.2, 0.25) is 0 Å². The fraction of sp³-hybridized carbons (Fsp3) is 0.923. The molecule has 0 bridgehead atoms. The fourth-order valence-electron chi connectivity index (χ4n) is 2.76. The monoisotopic (exact) mass is 259 g/mol. The van der Waals surface area contributed by atoms with Crippen LogP contribution in [0.15, 0.2) is 0 Å². The predicted octanol–water partition coefficient (Wildman–Crippen LogP) is 0.961. The van der Waals surface area contributed by atoms with Gasteiger partial charge in [-0.25, -0.2) is 0 Å². The maximum atomic E-state index is 11.4. The highest BCUT2D eigenvalue weighted by Gasteiger charge is 2.40.